The van der Waals surface area contributed by atoms with E-state index in [1.54, 1.807) is 18.3 Å². The number of nitrogens with one attached hydrogen (secondary N) is 2. The van der Waals surface area contributed by atoms with Crippen LogP contribution in [0, 0.1) is 20.8 Å². The maximum atomic E-state index is 12.5. The van der Waals surface area contributed by atoms with E-state index in [2.05, 4.69) is 30.6 Å². The largest absolute Gasteiger partial charge is 0.438 e. The Morgan fingerprint density at radius 3 is 2.59 bits per heavy atom. The molecule has 2 aromatic heterocycles. The molecule has 0 saturated carbocycles. The van der Waals surface area contributed by atoms with Gasteiger partial charge in [-0.1, -0.05) is 19.1 Å². The van der Waals surface area contributed by atoms with Crippen molar-refractivity contribution >= 4 is 17.4 Å². The number of carbonyl (C=O) groups is 1. The maximum absolute atomic E-state index is 12.5. The highest BCUT2D eigenvalue weighted by molar-refractivity contribution is 6.00. The van der Waals surface area contributed by atoms with Gasteiger partial charge in [-0.15, -0.1) is 0 Å². The number of rotatable bonds is 6. The molecule has 8 heteroatoms. The van der Waals surface area contributed by atoms with Crippen LogP contribution in [0.4, 0.5) is 16.2 Å². The van der Waals surface area contributed by atoms with Gasteiger partial charge in [-0.25, -0.2) is 24.7 Å². The van der Waals surface area contributed by atoms with Gasteiger partial charge in [0.2, 0.25) is 5.88 Å². The maximum Gasteiger partial charge on any atom is 0.323 e. The second kappa shape index (κ2) is 10.1. The number of benzene rings is 2. The van der Waals surface area contributed by atoms with Gasteiger partial charge in [0, 0.05) is 24.0 Å². The summed E-state index contributed by atoms with van der Waals surface area (Å²) in [4.78, 5) is 29.8. The molecule has 8 nitrogen and oxygen atoms in total. The Kier molecular flexibility index (Phi) is 6.77. The third-order valence-corrected chi connectivity index (χ3v) is 5.23. The van der Waals surface area contributed by atoms with Crippen LogP contribution in [-0.2, 0) is 6.42 Å². The molecule has 2 N–H and O–H groups in total. The smallest absolute Gasteiger partial charge is 0.323 e. The van der Waals surface area contributed by atoms with Crippen LogP contribution in [0.5, 0.6) is 11.6 Å². The van der Waals surface area contributed by atoms with Crippen molar-refractivity contribution < 1.29 is 9.53 Å². The first kappa shape index (κ1) is 22.8. The molecule has 0 bridgehead atoms. The SMILES string of the molecule is CCc1ncnc(-c2cccnc2Oc2ccc(NC(=O)Nc3cc(C)ccc3C)cc2C)n1. The molecule has 34 heavy (non-hydrogen) atoms. The zero-order valence-electron chi connectivity index (χ0n) is 19.6. The van der Waals surface area contributed by atoms with Gasteiger partial charge in [-0.2, -0.15) is 0 Å². The standard InChI is InChI=1S/C26H26N6O2/c1-5-23-28-15-29-24(32-23)20-7-6-12-27-25(20)34-22-11-10-19(14-18(22)4)30-26(33)31-21-13-16(2)8-9-17(21)3/h6-15H,5H2,1-4H3,(H2,30,31,33). The van der Waals surface area contributed by atoms with E-state index in [9.17, 15) is 4.79 Å². The monoisotopic (exact) mass is 454 g/mol. The van der Waals surface area contributed by atoms with Crippen molar-refractivity contribution in [3.63, 3.8) is 0 Å². The zero-order valence-corrected chi connectivity index (χ0v) is 19.6. The molecule has 0 unspecified atom stereocenters. The topological polar surface area (TPSA) is 102 Å². The van der Waals surface area contributed by atoms with Gasteiger partial charge in [-0.3, -0.25) is 0 Å². The number of hydrogen-bond acceptors (Lipinski definition) is 6. The number of urea groups is 1. The lowest BCUT2D eigenvalue weighted by molar-refractivity contribution is 0.262. The van der Waals surface area contributed by atoms with Gasteiger partial charge in [0.1, 0.15) is 17.9 Å². The normalized spacial score (nSPS) is 10.6. The second-order valence-electron chi connectivity index (χ2n) is 7.91. The Morgan fingerprint density at radius 1 is 0.941 bits per heavy atom. The van der Waals surface area contributed by atoms with Crippen molar-refractivity contribution in [1.82, 2.24) is 19.9 Å². The molecule has 0 radical (unpaired) electrons. The highest BCUT2D eigenvalue weighted by Crippen LogP contribution is 2.32. The summed E-state index contributed by atoms with van der Waals surface area (Å²) in [7, 11) is 0. The lowest BCUT2D eigenvalue weighted by atomic mass is 10.1. The molecule has 0 spiro atoms. The molecule has 0 aliphatic rings. The second-order valence-corrected chi connectivity index (χ2v) is 7.91. The minimum absolute atomic E-state index is 0.310. The van der Waals surface area contributed by atoms with E-state index in [4.69, 9.17) is 4.74 Å². The van der Waals surface area contributed by atoms with Gasteiger partial charge < -0.3 is 15.4 Å². The minimum Gasteiger partial charge on any atom is -0.438 e. The summed E-state index contributed by atoms with van der Waals surface area (Å²) in [5, 5.41) is 5.77. The van der Waals surface area contributed by atoms with Crippen molar-refractivity contribution in [1.29, 1.82) is 0 Å². The summed E-state index contributed by atoms with van der Waals surface area (Å²) in [6, 6.07) is 14.7. The Balaban J connectivity index is 1.50. The fraction of sp³-hybridized carbons (Fsp3) is 0.192. The van der Waals surface area contributed by atoms with Crippen LogP contribution in [0.2, 0.25) is 0 Å². The molecule has 2 aromatic carbocycles. The molecule has 0 fully saturated rings. The fourth-order valence-electron chi connectivity index (χ4n) is 3.37. The van der Waals surface area contributed by atoms with Crippen LogP contribution >= 0.6 is 0 Å². The Labute approximate surface area is 198 Å². The molecule has 0 atom stereocenters. The molecule has 0 saturated heterocycles. The number of carbonyl (C=O) groups excluding carboxylic acids is 1. The predicted octanol–water partition coefficient (Wildman–Crippen LogP) is 5.86. The lowest BCUT2D eigenvalue weighted by Gasteiger charge is -2.14. The summed E-state index contributed by atoms with van der Waals surface area (Å²) >= 11 is 0. The summed E-state index contributed by atoms with van der Waals surface area (Å²) in [5.41, 5.74) is 5.02. The Hall–Kier alpha value is -4.33. The Morgan fingerprint density at radius 2 is 1.79 bits per heavy atom. The molecule has 0 aliphatic heterocycles. The van der Waals surface area contributed by atoms with E-state index in [1.807, 2.05) is 64.1 Å². The number of aryl methyl sites for hydroxylation is 4. The first-order valence-electron chi connectivity index (χ1n) is 11.0. The van der Waals surface area contributed by atoms with Crippen LogP contribution in [0.15, 0.2) is 61.1 Å². The highest BCUT2D eigenvalue weighted by atomic mass is 16.5. The van der Waals surface area contributed by atoms with Crippen molar-refractivity contribution in [2.45, 2.75) is 34.1 Å². The average molecular weight is 455 g/mol. The van der Waals surface area contributed by atoms with Gasteiger partial charge in [0.15, 0.2) is 5.82 Å². The number of pyridine rings is 1. The molecule has 172 valence electrons. The molecule has 4 rings (SSSR count). The van der Waals surface area contributed by atoms with Crippen LogP contribution in [0.1, 0.15) is 29.4 Å². The molecular weight excluding hydrogens is 428 g/mol. The van der Waals surface area contributed by atoms with Crippen molar-refractivity contribution in [2.75, 3.05) is 10.6 Å². The molecule has 2 heterocycles. The van der Waals surface area contributed by atoms with E-state index in [-0.39, 0.29) is 6.03 Å². The summed E-state index contributed by atoms with van der Waals surface area (Å²) in [6.45, 7) is 7.84. The van der Waals surface area contributed by atoms with E-state index in [0.29, 0.717) is 40.9 Å². The summed E-state index contributed by atoms with van der Waals surface area (Å²) < 4.78 is 6.11. The summed E-state index contributed by atoms with van der Waals surface area (Å²) in [6.07, 6.45) is 3.85. The highest BCUT2D eigenvalue weighted by Gasteiger charge is 2.14. The van der Waals surface area contributed by atoms with E-state index in [0.717, 1.165) is 22.4 Å². The minimum atomic E-state index is -0.310. The van der Waals surface area contributed by atoms with Gasteiger partial charge in [0.25, 0.3) is 0 Å². The van der Waals surface area contributed by atoms with Crippen LogP contribution < -0.4 is 15.4 Å². The van der Waals surface area contributed by atoms with E-state index >= 15 is 0 Å². The van der Waals surface area contributed by atoms with Crippen LogP contribution in [0.25, 0.3) is 11.4 Å². The predicted molar refractivity (Wildman–Crippen MR) is 132 cm³/mol. The van der Waals surface area contributed by atoms with Crippen molar-refractivity contribution in [3.05, 3.63) is 83.6 Å². The van der Waals surface area contributed by atoms with E-state index in [1.165, 1.54) is 6.33 Å². The third-order valence-electron chi connectivity index (χ3n) is 5.23. The number of aromatic nitrogens is 4. The molecule has 0 aliphatic carbocycles. The fourth-order valence-corrected chi connectivity index (χ4v) is 3.37. The van der Waals surface area contributed by atoms with Crippen LogP contribution in [-0.4, -0.2) is 26.0 Å². The van der Waals surface area contributed by atoms with Gasteiger partial charge in [0.05, 0.1) is 5.56 Å². The van der Waals surface area contributed by atoms with E-state index < -0.39 is 0 Å². The number of anilines is 2. The molecular formula is C26H26N6O2. The average Bonchev–Trinajstić information content (AvgIpc) is 2.83. The summed E-state index contributed by atoms with van der Waals surface area (Å²) in [5.74, 6) is 2.22. The Bertz CT molecular complexity index is 1340. The first-order valence-corrected chi connectivity index (χ1v) is 11.0. The number of amides is 2. The number of nitrogens with zero attached hydrogens (tertiary/aromatic N) is 4. The van der Waals surface area contributed by atoms with Crippen molar-refractivity contribution in [2.24, 2.45) is 0 Å². The third kappa shape index (κ3) is 5.35. The quantitative estimate of drug-likeness (QED) is 0.378. The number of ether oxygens (including phenoxy) is 1. The lowest BCUT2D eigenvalue weighted by Crippen LogP contribution is -2.20. The molecule has 2 amide bonds. The first-order chi connectivity index (χ1) is 16.4. The number of hydrogen-bond donors (Lipinski definition) is 2. The van der Waals surface area contributed by atoms with Gasteiger partial charge in [-0.05, 0) is 73.9 Å². The zero-order chi connectivity index (χ0) is 24.1. The van der Waals surface area contributed by atoms with Gasteiger partial charge >= 0.3 is 6.03 Å². The van der Waals surface area contributed by atoms with Crippen LogP contribution in [0.3, 0.4) is 0 Å². The molecule has 4 aromatic rings. The van der Waals surface area contributed by atoms with Crippen molar-refractivity contribution in [3.8, 4) is 23.0 Å².